The first-order chi connectivity index (χ1) is 5.05. The second-order valence-electron chi connectivity index (χ2n) is 3.76. The smallest absolute Gasteiger partial charge is 0.161 e. The van der Waals surface area contributed by atoms with Gasteiger partial charge in [0.05, 0.1) is 0 Å². The molecule has 0 amide bonds. The van der Waals surface area contributed by atoms with E-state index in [1.807, 2.05) is 6.08 Å². The summed E-state index contributed by atoms with van der Waals surface area (Å²) >= 11 is 0. The van der Waals surface area contributed by atoms with Gasteiger partial charge in [-0.05, 0) is 17.9 Å². The van der Waals surface area contributed by atoms with Crippen molar-refractivity contribution in [3.63, 3.8) is 0 Å². The van der Waals surface area contributed by atoms with Gasteiger partial charge in [-0.3, -0.25) is 4.79 Å². The standard InChI is InChI=1S/C10H14O/c1-4-9(11)8-5-6-10(2,3)7-8/h4-6,8H,1,7H2,2-3H3/t8-/m1/s1. The Kier molecular flexibility index (Phi) is 1.99. The van der Waals surface area contributed by atoms with Gasteiger partial charge in [-0.1, -0.05) is 32.6 Å². The summed E-state index contributed by atoms with van der Waals surface area (Å²) in [6.07, 6.45) is 6.44. The van der Waals surface area contributed by atoms with E-state index in [0.29, 0.717) is 0 Å². The maximum atomic E-state index is 11.1. The van der Waals surface area contributed by atoms with Gasteiger partial charge in [-0.15, -0.1) is 0 Å². The maximum absolute atomic E-state index is 11.1. The number of hydrogen-bond donors (Lipinski definition) is 0. The summed E-state index contributed by atoms with van der Waals surface area (Å²) in [7, 11) is 0. The first kappa shape index (κ1) is 8.25. The molecule has 0 saturated heterocycles. The van der Waals surface area contributed by atoms with Crippen molar-refractivity contribution < 1.29 is 4.79 Å². The largest absolute Gasteiger partial charge is 0.294 e. The molecule has 0 fully saturated rings. The highest BCUT2D eigenvalue weighted by molar-refractivity contribution is 5.92. The Morgan fingerprint density at radius 1 is 1.73 bits per heavy atom. The topological polar surface area (TPSA) is 17.1 Å². The molecule has 60 valence electrons. The second kappa shape index (κ2) is 2.65. The quantitative estimate of drug-likeness (QED) is 0.436. The number of carbonyl (C=O) groups is 1. The molecular weight excluding hydrogens is 136 g/mol. The average molecular weight is 150 g/mol. The van der Waals surface area contributed by atoms with Crippen molar-refractivity contribution in [1.29, 1.82) is 0 Å². The zero-order chi connectivity index (χ0) is 8.48. The predicted octanol–water partition coefficient (Wildman–Crippen LogP) is 2.34. The van der Waals surface area contributed by atoms with Gasteiger partial charge in [0.2, 0.25) is 0 Å². The molecule has 1 nitrogen and oxygen atoms in total. The number of allylic oxidation sites excluding steroid dienone is 3. The molecule has 1 rings (SSSR count). The van der Waals surface area contributed by atoms with Crippen LogP contribution in [-0.4, -0.2) is 5.78 Å². The highest BCUT2D eigenvalue weighted by atomic mass is 16.1. The lowest BCUT2D eigenvalue weighted by atomic mass is 9.89. The molecule has 0 spiro atoms. The molecule has 0 N–H and O–H groups in total. The Labute approximate surface area is 67.8 Å². The summed E-state index contributed by atoms with van der Waals surface area (Å²) in [5.74, 6) is 0.231. The Hall–Kier alpha value is -0.850. The number of carbonyl (C=O) groups excluding carboxylic acids is 1. The highest BCUT2D eigenvalue weighted by Gasteiger charge is 2.28. The van der Waals surface area contributed by atoms with Crippen molar-refractivity contribution in [3.05, 3.63) is 24.8 Å². The fourth-order valence-electron chi connectivity index (χ4n) is 1.43. The van der Waals surface area contributed by atoms with Gasteiger partial charge < -0.3 is 0 Å². The van der Waals surface area contributed by atoms with E-state index in [0.717, 1.165) is 6.42 Å². The summed E-state index contributed by atoms with van der Waals surface area (Å²) in [5, 5.41) is 0. The minimum absolute atomic E-state index is 0.0856. The summed E-state index contributed by atoms with van der Waals surface area (Å²) in [4.78, 5) is 11.1. The molecular formula is C10H14O. The van der Waals surface area contributed by atoms with Crippen molar-refractivity contribution in [2.45, 2.75) is 20.3 Å². The van der Waals surface area contributed by atoms with Crippen molar-refractivity contribution in [3.8, 4) is 0 Å². The van der Waals surface area contributed by atoms with Crippen LogP contribution in [0.25, 0.3) is 0 Å². The van der Waals surface area contributed by atoms with E-state index >= 15 is 0 Å². The fourth-order valence-corrected chi connectivity index (χ4v) is 1.43. The van der Waals surface area contributed by atoms with Crippen LogP contribution in [-0.2, 0) is 4.79 Å². The van der Waals surface area contributed by atoms with Gasteiger partial charge in [0, 0.05) is 5.92 Å². The molecule has 0 aromatic heterocycles. The van der Waals surface area contributed by atoms with Crippen LogP contribution in [0.15, 0.2) is 24.8 Å². The van der Waals surface area contributed by atoms with Gasteiger partial charge in [-0.2, -0.15) is 0 Å². The molecule has 0 bridgehead atoms. The van der Waals surface area contributed by atoms with Gasteiger partial charge in [0.1, 0.15) is 0 Å². The minimum Gasteiger partial charge on any atom is -0.294 e. The summed E-state index contributed by atoms with van der Waals surface area (Å²) in [5.41, 5.74) is 0.198. The number of hydrogen-bond acceptors (Lipinski definition) is 1. The summed E-state index contributed by atoms with van der Waals surface area (Å²) < 4.78 is 0. The highest BCUT2D eigenvalue weighted by Crippen LogP contribution is 2.34. The Morgan fingerprint density at radius 3 is 2.73 bits per heavy atom. The Morgan fingerprint density at radius 2 is 2.36 bits per heavy atom. The van der Waals surface area contributed by atoms with Gasteiger partial charge >= 0.3 is 0 Å². The van der Waals surface area contributed by atoms with E-state index < -0.39 is 0 Å². The molecule has 0 aliphatic heterocycles. The van der Waals surface area contributed by atoms with Crippen molar-refractivity contribution in [1.82, 2.24) is 0 Å². The Bertz CT molecular complexity index is 211. The lowest BCUT2D eigenvalue weighted by Gasteiger charge is -2.15. The normalized spacial score (nSPS) is 26.9. The van der Waals surface area contributed by atoms with Crippen LogP contribution in [0.5, 0.6) is 0 Å². The molecule has 11 heavy (non-hydrogen) atoms. The van der Waals surface area contributed by atoms with E-state index in [2.05, 4.69) is 26.5 Å². The fraction of sp³-hybridized carbons (Fsp3) is 0.500. The average Bonchev–Trinajstić information content (AvgIpc) is 2.29. The van der Waals surface area contributed by atoms with Crippen LogP contribution < -0.4 is 0 Å². The molecule has 0 saturated carbocycles. The summed E-state index contributed by atoms with van der Waals surface area (Å²) in [6, 6.07) is 0. The first-order valence-electron chi connectivity index (χ1n) is 3.91. The van der Waals surface area contributed by atoms with Crippen molar-refractivity contribution in [2.24, 2.45) is 11.3 Å². The van der Waals surface area contributed by atoms with Gasteiger partial charge in [0.15, 0.2) is 5.78 Å². The lowest BCUT2D eigenvalue weighted by molar-refractivity contribution is -0.117. The third-order valence-electron chi connectivity index (χ3n) is 2.09. The van der Waals surface area contributed by atoms with Crippen LogP contribution in [0.1, 0.15) is 20.3 Å². The molecule has 1 aliphatic carbocycles. The van der Waals surface area contributed by atoms with Crippen LogP contribution in [0, 0.1) is 11.3 Å². The molecule has 0 aromatic rings. The van der Waals surface area contributed by atoms with Crippen LogP contribution in [0.3, 0.4) is 0 Å². The molecule has 0 aromatic carbocycles. The second-order valence-corrected chi connectivity index (χ2v) is 3.76. The SMILES string of the molecule is C=CC(=O)[C@@H]1C=CC(C)(C)C1. The zero-order valence-electron chi connectivity index (χ0n) is 7.13. The minimum atomic E-state index is 0.0856. The van der Waals surface area contributed by atoms with Crippen molar-refractivity contribution in [2.75, 3.05) is 0 Å². The lowest BCUT2D eigenvalue weighted by Crippen LogP contribution is -2.12. The van der Waals surface area contributed by atoms with E-state index in [-0.39, 0.29) is 17.1 Å². The molecule has 1 aliphatic rings. The number of rotatable bonds is 2. The molecule has 1 atom stereocenters. The van der Waals surface area contributed by atoms with Crippen LogP contribution in [0.4, 0.5) is 0 Å². The van der Waals surface area contributed by atoms with Crippen LogP contribution in [0.2, 0.25) is 0 Å². The Balaban J connectivity index is 2.64. The summed E-state index contributed by atoms with van der Waals surface area (Å²) in [6.45, 7) is 7.75. The van der Waals surface area contributed by atoms with Crippen molar-refractivity contribution >= 4 is 5.78 Å². The predicted molar refractivity (Wildman–Crippen MR) is 46.2 cm³/mol. The van der Waals surface area contributed by atoms with E-state index in [1.54, 1.807) is 0 Å². The van der Waals surface area contributed by atoms with Crippen LogP contribution >= 0.6 is 0 Å². The first-order valence-corrected chi connectivity index (χ1v) is 3.91. The van der Waals surface area contributed by atoms with E-state index in [9.17, 15) is 4.79 Å². The van der Waals surface area contributed by atoms with E-state index in [1.165, 1.54) is 6.08 Å². The number of ketones is 1. The molecule has 0 radical (unpaired) electrons. The third-order valence-corrected chi connectivity index (χ3v) is 2.09. The monoisotopic (exact) mass is 150 g/mol. The molecule has 0 unspecified atom stereocenters. The maximum Gasteiger partial charge on any atom is 0.161 e. The van der Waals surface area contributed by atoms with Gasteiger partial charge in [0.25, 0.3) is 0 Å². The zero-order valence-corrected chi connectivity index (χ0v) is 7.13. The molecule has 0 heterocycles. The van der Waals surface area contributed by atoms with Gasteiger partial charge in [-0.25, -0.2) is 0 Å². The van der Waals surface area contributed by atoms with E-state index in [4.69, 9.17) is 0 Å². The molecule has 1 heteroatoms. The third kappa shape index (κ3) is 1.79.